The van der Waals surface area contributed by atoms with Gasteiger partial charge >= 0.3 is 0 Å². The maximum Gasteiger partial charge on any atom is 0.251 e. The molecule has 1 fully saturated rings. The molecule has 2 atom stereocenters. The van der Waals surface area contributed by atoms with Gasteiger partial charge in [0.2, 0.25) is 0 Å². The molecule has 1 N–H and O–H groups in total. The number of hydrogen-bond donors (Lipinski definition) is 1. The van der Waals surface area contributed by atoms with Crippen LogP contribution in [0.3, 0.4) is 0 Å². The highest BCUT2D eigenvalue weighted by Crippen LogP contribution is 2.31. The van der Waals surface area contributed by atoms with E-state index in [0.29, 0.717) is 17.1 Å². The van der Waals surface area contributed by atoms with E-state index in [-0.39, 0.29) is 18.0 Å². The van der Waals surface area contributed by atoms with E-state index in [1.807, 2.05) is 12.1 Å². The van der Waals surface area contributed by atoms with E-state index in [0.717, 1.165) is 31.9 Å². The third-order valence-corrected chi connectivity index (χ3v) is 7.40. The molecule has 0 aliphatic carbocycles. The van der Waals surface area contributed by atoms with Gasteiger partial charge in [0, 0.05) is 48.3 Å². The molecule has 35 heavy (non-hydrogen) atoms. The van der Waals surface area contributed by atoms with Crippen LogP contribution in [0.15, 0.2) is 60.0 Å². The molecular formula is C27H33N3O4S. The normalized spacial score (nSPS) is 15.8. The van der Waals surface area contributed by atoms with Crippen LogP contribution in [-0.4, -0.2) is 64.4 Å². The number of ether oxygens (including phenoxy) is 3. The molecule has 1 aromatic heterocycles. The van der Waals surface area contributed by atoms with Crippen molar-refractivity contribution in [2.45, 2.75) is 19.0 Å². The van der Waals surface area contributed by atoms with Gasteiger partial charge in [0.25, 0.3) is 5.91 Å². The number of rotatable bonds is 9. The Morgan fingerprint density at radius 1 is 0.914 bits per heavy atom. The summed E-state index contributed by atoms with van der Waals surface area (Å²) < 4.78 is 16.0. The number of nitrogens with zero attached hydrogens (tertiary/aromatic N) is 2. The number of amides is 1. The average Bonchev–Trinajstić information content (AvgIpc) is 3.43. The van der Waals surface area contributed by atoms with Crippen molar-refractivity contribution >= 4 is 22.9 Å². The van der Waals surface area contributed by atoms with Crippen LogP contribution in [0.4, 0.5) is 5.69 Å². The maximum absolute atomic E-state index is 13.1. The van der Waals surface area contributed by atoms with Crippen molar-refractivity contribution < 1.29 is 19.0 Å². The Kier molecular flexibility index (Phi) is 8.15. The monoisotopic (exact) mass is 495 g/mol. The van der Waals surface area contributed by atoms with Gasteiger partial charge in [0.15, 0.2) is 11.5 Å². The molecule has 1 amide bonds. The van der Waals surface area contributed by atoms with Crippen molar-refractivity contribution in [3.8, 4) is 17.2 Å². The first-order chi connectivity index (χ1) is 17.0. The van der Waals surface area contributed by atoms with Crippen molar-refractivity contribution in [2.75, 3.05) is 52.4 Å². The first-order valence-corrected chi connectivity index (χ1v) is 12.6. The quantitative estimate of drug-likeness (QED) is 0.473. The predicted octanol–water partition coefficient (Wildman–Crippen LogP) is 4.46. The molecule has 2 heterocycles. The van der Waals surface area contributed by atoms with Crippen molar-refractivity contribution in [1.29, 1.82) is 0 Å². The molecule has 0 radical (unpaired) electrons. The van der Waals surface area contributed by atoms with Gasteiger partial charge in [-0.05, 0) is 60.8 Å². The molecule has 7 nitrogen and oxygen atoms in total. The molecule has 0 bridgehead atoms. The van der Waals surface area contributed by atoms with Crippen LogP contribution in [0.25, 0.3) is 0 Å². The first-order valence-electron chi connectivity index (χ1n) is 11.7. The number of piperazine rings is 1. The largest absolute Gasteiger partial charge is 0.497 e. The fourth-order valence-electron chi connectivity index (χ4n) is 4.60. The lowest BCUT2D eigenvalue weighted by Gasteiger charge is -2.42. The van der Waals surface area contributed by atoms with Crippen LogP contribution in [0.5, 0.6) is 17.2 Å². The molecule has 186 valence electrons. The number of carbonyl (C=O) groups is 1. The van der Waals surface area contributed by atoms with Crippen molar-refractivity contribution in [3.63, 3.8) is 0 Å². The van der Waals surface area contributed by atoms with E-state index in [9.17, 15) is 4.79 Å². The maximum atomic E-state index is 13.1. The highest BCUT2D eigenvalue weighted by molar-refractivity contribution is 7.10. The molecule has 0 unspecified atom stereocenters. The predicted molar refractivity (Wildman–Crippen MR) is 140 cm³/mol. The minimum Gasteiger partial charge on any atom is -0.497 e. The fraction of sp³-hybridized carbons (Fsp3) is 0.370. The topological polar surface area (TPSA) is 63.3 Å². The Morgan fingerprint density at radius 3 is 2.23 bits per heavy atom. The number of carbonyl (C=O) groups excluding carboxylic acids is 1. The number of anilines is 1. The van der Waals surface area contributed by atoms with Crippen LogP contribution in [-0.2, 0) is 0 Å². The third kappa shape index (κ3) is 5.71. The lowest BCUT2D eigenvalue weighted by atomic mass is 10.0. The molecule has 0 saturated carbocycles. The van der Waals surface area contributed by atoms with Crippen LogP contribution in [0, 0.1) is 0 Å². The van der Waals surface area contributed by atoms with Crippen LogP contribution in [0.1, 0.15) is 28.2 Å². The second-order valence-corrected chi connectivity index (χ2v) is 9.49. The zero-order valence-corrected chi connectivity index (χ0v) is 21.5. The molecule has 4 rings (SSSR count). The lowest BCUT2D eigenvalue weighted by Crippen LogP contribution is -2.52. The van der Waals surface area contributed by atoms with E-state index < -0.39 is 0 Å². The smallest absolute Gasteiger partial charge is 0.251 e. The van der Waals surface area contributed by atoms with E-state index in [2.05, 4.69) is 51.7 Å². The average molecular weight is 496 g/mol. The Bertz CT molecular complexity index is 1100. The number of hydrogen-bond acceptors (Lipinski definition) is 7. The Balaban J connectivity index is 1.45. The van der Waals surface area contributed by atoms with Gasteiger partial charge in [-0.2, -0.15) is 0 Å². The van der Waals surface area contributed by atoms with Gasteiger partial charge in [0.1, 0.15) is 5.75 Å². The summed E-state index contributed by atoms with van der Waals surface area (Å²) in [6, 6.07) is 17.7. The Hall–Kier alpha value is -3.23. The van der Waals surface area contributed by atoms with Crippen LogP contribution < -0.4 is 24.4 Å². The third-order valence-electron chi connectivity index (χ3n) is 6.46. The van der Waals surface area contributed by atoms with Gasteiger partial charge < -0.3 is 24.4 Å². The minimum absolute atomic E-state index is 0.0817. The van der Waals surface area contributed by atoms with E-state index in [1.165, 1.54) is 10.6 Å². The zero-order chi connectivity index (χ0) is 24.8. The number of methoxy groups -OCH3 is 3. The Labute approximate surface area is 211 Å². The van der Waals surface area contributed by atoms with E-state index in [4.69, 9.17) is 14.2 Å². The molecule has 2 aromatic carbocycles. The zero-order valence-electron chi connectivity index (χ0n) is 20.7. The summed E-state index contributed by atoms with van der Waals surface area (Å²) in [5, 5.41) is 5.32. The lowest BCUT2D eigenvalue weighted by molar-refractivity contribution is 0.0890. The van der Waals surface area contributed by atoms with Crippen LogP contribution >= 0.6 is 11.3 Å². The second-order valence-electron chi connectivity index (χ2n) is 8.51. The SMILES string of the molecule is COc1ccc(N2CCN([C@@H](c3cccs3)[C@H](C)NC(=O)c3ccc(OC)c(OC)c3)CC2)cc1. The van der Waals surface area contributed by atoms with E-state index >= 15 is 0 Å². The molecule has 1 aliphatic rings. The van der Waals surface area contributed by atoms with Crippen molar-refractivity contribution in [2.24, 2.45) is 0 Å². The van der Waals surface area contributed by atoms with Crippen molar-refractivity contribution in [1.82, 2.24) is 10.2 Å². The summed E-state index contributed by atoms with van der Waals surface area (Å²) in [6.45, 7) is 5.74. The Morgan fingerprint density at radius 2 is 1.63 bits per heavy atom. The van der Waals surface area contributed by atoms with Crippen LogP contribution in [0.2, 0.25) is 0 Å². The summed E-state index contributed by atoms with van der Waals surface area (Å²) in [6.07, 6.45) is 0. The standard InChI is InChI=1S/C27H33N3O4S/c1-19(28-27(31)20-7-12-23(33-3)24(18-20)34-4)26(25-6-5-17-35-25)30-15-13-29(14-16-30)21-8-10-22(32-2)11-9-21/h5-12,17-19,26H,13-16H2,1-4H3,(H,28,31)/t19-,26+/m0/s1. The summed E-state index contributed by atoms with van der Waals surface area (Å²) in [4.78, 5) is 19.3. The van der Waals surface area contributed by atoms with Gasteiger partial charge in [-0.1, -0.05) is 6.07 Å². The number of nitrogens with one attached hydrogen (secondary N) is 1. The molecule has 1 aliphatic heterocycles. The molecular weight excluding hydrogens is 462 g/mol. The summed E-state index contributed by atoms with van der Waals surface area (Å²) in [5.41, 5.74) is 1.75. The second kappa shape index (κ2) is 11.5. The van der Waals surface area contributed by atoms with Gasteiger partial charge in [-0.15, -0.1) is 11.3 Å². The molecule has 8 heteroatoms. The number of benzene rings is 2. The summed E-state index contributed by atoms with van der Waals surface area (Å²) >= 11 is 1.73. The minimum atomic E-state index is -0.128. The summed E-state index contributed by atoms with van der Waals surface area (Å²) in [5.74, 6) is 1.88. The van der Waals surface area contributed by atoms with Crippen molar-refractivity contribution in [3.05, 3.63) is 70.4 Å². The molecule has 0 spiro atoms. The number of thiophene rings is 1. The highest BCUT2D eigenvalue weighted by atomic mass is 32.1. The molecule has 1 saturated heterocycles. The summed E-state index contributed by atoms with van der Waals surface area (Å²) in [7, 11) is 4.84. The highest BCUT2D eigenvalue weighted by Gasteiger charge is 2.31. The molecule has 3 aromatic rings. The van der Waals surface area contributed by atoms with Gasteiger partial charge in [0.05, 0.1) is 27.4 Å². The van der Waals surface area contributed by atoms with E-state index in [1.54, 1.807) is 50.9 Å². The fourth-order valence-corrected chi connectivity index (χ4v) is 5.56. The first kappa shape index (κ1) is 24.9. The van der Waals surface area contributed by atoms with Gasteiger partial charge in [-0.3, -0.25) is 9.69 Å². The van der Waals surface area contributed by atoms with Gasteiger partial charge in [-0.25, -0.2) is 0 Å².